The molecule has 1 aromatic heterocycles. The molecule has 0 atom stereocenters. The van der Waals surface area contributed by atoms with Gasteiger partial charge in [-0.3, -0.25) is 4.79 Å². The van der Waals surface area contributed by atoms with E-state index in [-0.39, 0.29) is 11.7 Å². The molecule has 0 aliphatic heterocycles. The van der Waals surface area contributed by atoms with E-state index in [1.54, 1.807) is 18.9 Å². The zero-order chi connectivity index (χ0) is 22.1. The average molecular weight is 455 g/mol. The lowest BCUT2D eigenvalue weighted by Gasteiger charge is -2.08. The number of aryl methyl sites for hydroxylation is 1. The van der Waals surface area contributed by atoms with Crippen molar-refractivity contribution in [2.75, 3.05) is 18.2 Å². The van der Waals surface area contributed by atoms with Crippen molar-refractivity contribution in [2.24, 2.45) is 0 Å². The van der Waals surface area contributed by atoms with Crippen molar-refractivity contribution >= 4 is 35.1 Å². The molecule has 0 bridgehead atoms. The van der Waals surface area contributed by atoms with Crippen LogP contribution in [0, 0.1) is 6.92 Å². The highest BCUT2D eigenvalue weighted by atomic mass is 32.2. The zero-order valence-electron chi connectivity index (χ0n) is 17.7. The first kappa shape index (κ1) is 23.0. The van der Waals surface area contributed by atoms with Crippen LogP contribution in [-0.2, 0) is 22.8 Å². The van der Waals surface area contributed by atoms with Crippen LogP contribution in [0.1, 0.15) is 17.0 Å². The molecule has 1 amide bonds. The van der Waals surface area contributed by atoms with Gasteiger partial charge in [0.15, 0.2) is 5.16 Å². The van der Waals surface area contributed by atoms with E-state index in [2.05, 4.69) is 53.3 Å². The van der Waals surface area contributed by atoms with Crippen molar-refractivity contribution in [3.63, 3.8) is 0 Å². The third-order valence-electron chi connectivity index (χ3n) is 4.43. The highest BCUT2D eigenvalue weighted by Crippen LogP contribution is 2.23. The second-order valence-electron chi connectivity index (χ2n) is 6.84. The van der Waals surface area contributed by atoms with Gasteiger partial charge in [0, 0.05) is 18.0 Å². The molecule has 8 heteroatoms. The maximum absolute atomic E-state index is 12.3. The van der Waals surface area contributed by atoms with Crippen LogP contribution in [0.2, 0.25) is 0 Å². The minimum Gasteiger partial charge on any atom is -0.497 e. The van der Waals surface area contributed by atoms with E-state index in [0.717, 1.165) is 33.9 Å². The summed E-state index contributed by atoms with van der Waals surface area (Å²) < 4.78 is 7.15. The topological polar surface area (TPSA) is 69.0 Å². The zero-order valence-corrected chi connectivity index (χ0v) is 19.3. The molecule has 1 N–H and O–H groups in total. The Labute approximate surface area is 191 Å². The summed E-state index contributed by atoms with van der Waals surface area (Å²) in [6.07, 6.45) is 1.82. The van der Waals surface area contributed by atoms with Crippen LogP contribution in [-0.4, -0.2) is 33.5 Å². The summed E-state index contributed by atoms with van der Waals surface area (Å²) in [6, 6.07) is 15.8. The number of ether oxygens (including phenoxy) is 1. The molecule has 3 rings (SSSR count). The number of amides is 1. The van der Waals surface area contributed by atoms with Crippen molar-refractivity contribution in [3.8, 4) is 5.75 Å². The predicted molar refractivity (Wildman–Crippen MR) is 129 cm³/mol. The largest absolute Gasteiger partial charge is 0.497 e. The van der Waals surface area contributed by atoms with Crippen molar-refractivity contribution in [2.45, 2.75) is 30.1 Å². The van der Waals surface area contributed by atoms with Gasteiger partial charge in [-0.15, -0.1) is 28.5 Å². The van der Waals surface area contributed by atoms with Crippen LogP contribution in [0.5, 0.6) is 5.75 Å². The van der Waals surface area contributed by atoms with Crippen molar-refractivity contribution in [3.05, 3.63) is 78.1 Å². The number of aromatic nitrogens is 3. The highest BCUT2D eigenvalue weighted by Gasteiger charge is 2.14. The molecule has 0 radical (unpaired) electrons. The Hall–Kier alpha value is -2.71. The van der Waals surface area contributed by atoms with Crippen molar-refractivity contribution in [1.29, 1.82) is 0 Å². The van der Waals surface area contributed by atoms with Crippen LogP contribution in [0.25, 0.3) is 0 Å². The molecule has 0 spiro atoms. The Morgan fingerprint density at radius 3 is 2.55 bits per heavy atom. The Morgan fingerprint density at radius 2 is 1.87 bits per heavy atom. The van der Waals surface area contributed by atoms with E-state index < -0.39 is 0 Å². The van der Waals surface area contributed by atoms with E-state index in [0.29, 0.717) is 6.54 Å². The second kappa shape index (κ2) is 11.6. The summed E-state index contributed by atoms with van der Waals surface area (Å²) in [5.74, 6) is 3.44. The molecule has 0 saturated heterocycles. The summed E-state index contributed by atoms with van der Waals surface area (Å²) in [4.78, 5) is 12.3. The second-order valence-corrected chi connectivity index (χ2v) is 8.77. The van der Waals surface area contributed by atoms with Gasteiger partial charge in [-0.1, -0.05) is 47.7 Å². The predicted octanol–water partition coefficient (Wildman–Crippen LogP) is 4.95. The molecule has 0 aliphatic carbocycles. The number of rotatable bonds is 11. The fourth-order valence-corrected chi connectivity index (χ4v) is 4.48. The van der Waals surface area contributed by atoms with Crippen LogP contribution in [0.15, 0.2) is 66.3 Å². The molecule has 0 aliphatic rings. The monoisotopic (exact) mass is 454 g/mol. The van der Waals surface area contributed by atoms with E-state index in [9.17, 15) is 4.79 Å². The number of anilines is 1. The smallest absolute Gasteiger partial charge is 0.234 e. The van der Waals surface area contributed by atoms with Gasteiger partial charge in [0.25, 0.3) is 0 Å². The van der Waals surface area contributed by atoms with E-state index in [1.165, 1.54) is 22.9 Å². The third-order valence-corrected chi connectivity index (χ3v) is 6.40. The van der Waals surface area contributed by atoms with Gasteiger partial charge >= 0.3 is 0 Å². The minimum atomic E-state index is -0.0985. The molecule has 0 saturated carbocycles. The Bertz CT molecular complexity index is 1000. The molecule has 0 fully saturated rings. The number of nitrogens with one attached hydrogen (secondary N) is 1. The summed E-state index contributed by atoms with van der Waals surface area (Å²) in [5.41, 5.74) is 3.28. The van der Waals surface area contributed by atoms with Gasteiger partial charge in [-0.25, -0.2) is 0 Å². The van der Waals surface area contributed by atoms with Gasteiger partial charge in [-0.2, -0.15) is 0 Å². The number of benzene rings is 2. The van der Waals surface area contributed by atoms with Gasteiger partial charge in [0.2, 0.25) is 5.91 Å². The average Bonchev–Trinajstić information content (AvgIpc) is 3.16. The van der Waals surface area contributed by atoms with Crippen molar-refractivity contribution < 1.29 is 9.53 Å². The number of methoxy groups -OCH3 is 1. The van der Waals surface area contributed by atoms with E-state index >= 15 is 0 Å². The Balaban J connectivity index is 1.54. The Morgan fingerprint density at radius 1 is 1.13 bits per heavy atom. The van der Waals surface area contributed by atoms with Crippen LogP contribution in [0.4, 0.5) is 5.69 Å². The number of hydrogen-bond acceptors (Lipinski definition) is 6. The number of nitrogens with zero attached hydrogens (tertiary/aromatic N) is 3. The molecular weight excluding hydrogens is 428 g/mol. The number of allylic oxidation sites excluding steroid dienone is 1. The molecule has 162 valence electrons. The standard InChI is InChI=1S/C23H26N4O2S2/c1-4-13-27-21(15-30-14-18-7-5-17(2)6-8-18)25-26-23(27)31-16-22(28)24-19-9-11-20(29-3)12-10-19/h4-12H,1,13-16H2,2-3H3,(H,24,28). The maximum Gasteiger partial charge on any atom is 0.234 e. The maximum atomic E-state index is 12.3. The fraction of sp³-hybridized carbons (Fsp3) is 0.261. The van der Waals surface area contributed by atoms with Gasteiger partial charge in [-0.05, 0) is 36.8 Å². The van der Waals surface area contributed by atoms with Gasteiger partial charge < -0.3 is 14.6 Å². The number of thioether (sulfide) groups is 2. The molecule has 3 aromatic rings. The summed E-state index contributed by atoms with van der Waals surface area (Å²) >= 11 is 3.16. The molecule has 1 heterocycles. The fourth-order valence-electron chi connectivity index (χ4n) is 2.79. The lowest BCUT2D eigenvalue weighted by Crippen LogP contribution is -2.14. The number of carbonyl (C=O) groups excluding carboxylic acids is 1. The van der Waals surface area contributed by atoms with Crippen LogP contribution >= 0.6 is 23.5 Å². The molecule has 0 unspecified atom stereocenters. The summed E-state index contributed by atoms with van der Waals surface area (Å²) in [6.45, 7) is 6.53. The molecule has 2 aromatic carbocycles. The molecule has 6 nitrogen and oxygen atoms in total. The molecular formula is C23H26N4O2S2. The van der Waals surface area contributed by atoms with Crippen LogP contribution in [0.3, 0.4) is 0 Å². The summed E-state index contributed by atoms with van der Waals surface area (Å²) in [5, 5.41) is 12.2. The lowest BCUT2D eigenvalue weighted by atomic mass is 10.2. The Kier molecular flexibility index (Phi) is 8.61. The van der Waals surface area contributed by atoms with E-state index in [1.807, 2.05) is 34.9 Å². The lowest BCUT2D eigenvalue weighted by molar-refractivity contribution is -0.113. The van der Waals surface area contributed by atoms with Gasteiger partial charge in [0.1, 0.15) is 11.6 Å². The minimum absolute atomic E-state index is 0.0985. The normalized spacial score (nSPS) is 10.6. The van der Waals surface area contributed by atoms with Crippen molar-refractivity contribution in [1.82, 2.24) is 14.8 Å². The number of hydrogen-bond donors (Lipinski definition) is 1. The number of carbonyl (C=O) groups is 1. The SMILES string of the molecule is C=CCn1c(CSCc2ccc(C)cc2)nnc1SCC(=O)Nc1ccc(OC)cc1. The quantitative estimate of drug-likeness (QED) is 0.327. The first-order valence-corrected chi connectivity index (χ1v) is 12.0. The highest BCUT2D eigenvalue weighted by molar-refractivity contribution is 7.99. The first-order chi connectivity index (χ1) is 15.1. The summed E-state index contributed by atoms with van der Waals surface area (Å²) in [7, 11) is 1.61. The first-order valence-electron chi connectivity index (χ1n) is 9.82. The van der Waals surface area contributed by atoms with Gasteiger partial charge in [0.05, 0.1) is 18.6 Å². The van der Waals surface area contributed by atoms with E-state index in [4.69, 9.17) is 4.74 Å². The van der Waals surface area contributed by atoms with Crippen LogP contribution < -0.4 is 10.1 Å². The molecule has 31 heavy (non-hydrogen) atoms. The third kappa shape index (κ3) is 6.90.